The summed E-state index contributed by atoms with van der Waals surface area (Å²) in [7, 11) is 0. The summed E-state index contributed by atoms with van der Waals surface area (Å²) in [5, 5.41) is 3.02. The van der Waals surface area contributed by atoms with Crippen molar-refractivity contribution >= 4 is 17.7 Å². The Labute approximate surface area is 98.6 Å². The van der Waals surface area contributed by atoms with Gasteiger partial charge in [0.25, 0.3) is 0 Å². The molecule has 0 fully saturated rings. The SMILES string of the molecule is CC(C)CNC(=O)[C@H](C)SCC(C)(C)C. The van der Waals surface area contributed by atoms with Gasteiger partial charge in [0, 0.05) is 6.54 Å². The second-order valence-corrected chi connectivity index (χ2v) is 6.98. The number of carbonyl (C=O) groups excluding carboxylic acids is 1. The maximum atomic E-state index is 11.6. The Kier molecular flexibility index (Phi) is 6.34. The van der Waals surface area contributed by atoms with Crippen LogP contribution in [-0.2, 0) is 4.79 Å². The summed E-state index contributed by atoms with van der Waals surface area (Å²) >= 11 is 1.73. The van der Waals surface area contributed by atoms with Crippen LogP contribution in [0.1, 0.15) is 41.5 Å². The number of carbonyl (C=O) groups is 1. The first-order valence-electron chi connectivity index (χ1n) is 5.61. The van der Waals surface area contributed by atoms with Crippen molar-refractivity contribution in [3.05, 3.63) is 0 Å². The van der Waals surface area contributed by atoms with E-state index in [-0.39, 0.29) is 16.6 Å². The van der Waals surface area contributed by atoms with E-state index in [1.165, 1.54) is 0 Å². The van der Waals surface area contributed by atoms with Crippen molar-refractivity contribution in [2.24, 2.45) is 11.3 Å². The van der Waals surface area contributed by atoms with Gasteiger partial charge in [0.2, 0.25) is 5.91 Å². The molecule has 0 unspecified atom stereocenters. The highest BCUT2D eigenvalue weighted by molar-refractivity contribution is 8.00. The molecule has 2 nitrogen and oxygen atoms in total. The highest BCUT2D eigenvalue weighted by Gasteiger charge is 2.17. The second-order valence-electron chi connectivity index (χ2n) is 5.65. The van der Waals surface area contributed by atoms with Crippen LogP contribution in [0.15, 0.2) is 0 Å². The highest BCUT2D eigenvalue weighted by Crippen LogP contribution is 2.23. The molecule has 15 heavy (non-hydrogen) atoms. The predicted molar refractivity (Wildman–Crippen MR) is 69.2 cm³/mol. The van der Waals surface area contributed by atoms with E-state index in [1.807, 2.05) is 6.92 Å². The molecule has 0 saturated heterocycles. The van der Waals surface area contributed by atoms with E-state index in [9.17, 15) is 4.79 Å². The van der Waals surface area contributed by atoms with Crippen LogP contribution in [0.2, 0.25) is 0 Å². The van der Waals surface area contributed by atoms with Gasteiger partial charge in [-0.1, -0.05) is 34.6 Å². The number of rotatable bonds is 5. The topological polar surface area (TPSA) is 29.1 Å². The minimum Gasteiger partial charge on any atom is -0.355 e. The first-order chi connectivity index (χ1) is 6.72. The molecular formula is C12H25NOS. The molecule has 0 saturated carbocycles. The molecule has 0 aromatic carbocycles. The fraction of sp³-hybridized carbons (Fsp3) is 0.917. The van der Waals surface area contributed by atoms with Gasteiger partial charge in [-0.2, -0.15) is 0 Å². The van der Waals surface area contributed by atoms with Gasteiger partial charge >= 0.3 is 0 Å². The lowest BCUT2D eigenvalue weighted by Gasteiger charge is -2.20. The van der Waals surface area contributed by atoms with Crippen LogP contribution in [-0.4, -0.2) is 23.5 Å². The lowest BCUT2D eigenvalue weighted by Crippen LogP contribution is -2.34. The lowest BCUT2D eigenvalue weighted by atomic mass is 10.0. The maximum absolute atomic E-state index is 11.6. The zero-order valence-electron chi connectivity index (χ0n) is 10.9. The third-order valence-corrected chi connectivity index (χ3v) is 3.57. The first-order valence-corrected chi connectivity index (χ1v) is 6.66. The summed E-state index contributed by atoms with van der Waals surface area (Å²) < 4.78 is 0. The zero-order chi connectivity index (χ0) is 12.1. The van der Waals surface area contributed by atoms with Crippen molar-refractivity contribution in [3.63, 3.8) is 0 Å². The summed E-state index contributed by atoms with van der Waals surface area (Å²) in [6.45, 7) is 13.5. The molecule has 90 valence electrons. The summed E-state index contributed by atoms with van der Waals surface area (Å²) in [5.74, 6) is 1.70. The van der Waals surface area contributed by atoms with E-state index in [0.29, 0.717) is 5.92 Å². The van der Waals surface area contributed by atoms with Crippen LogP contribution in [0.4, 0.5) is 0 Å². The molecule has 0 aromatic rings. The van der Waals surface area contributed by atoms with Crippen LogP contribution in [0.5, 0.6) is 0 Å². The van der Waals surface area contributed by atoms with Crippen LogP contribution < -0.4 is 5.32 Å². The van der Waals surface area contributed by atoms with Crippen LogP contribution in [0.3, 0.4) is 0 Å². The van der Waals surface area contributed by atoms with Crippen molar-refractivity contribution in [3.8, 4) is 0 Å². The maximum Gasteiger partial charge on any atom is 0.232 e. The molecule has 0 aliphatic heterocycles. The Morgan fingerprint density at radius 1 is 1.27 bits per heavy atom. The Morgan fingerprint density at radius 3 is 2.20 bits per heavy atom. The quantitative estimate of drug-likeness (QED) is 0.788. The van der Waals surface area contributed by atoms with Gasteiger partial charge in [-0.25, -0.2) is 0 Å². The lowest BCUT2D eigenvalue weighted by molar-refractivity contribution is -0.120. The smallest absolute Gasteiger partial charge is 0.232 e. The largest absolute Gasteiger partial charge is 0.355 e. The molecular weight excluding hydrogens is 206 g/mol. The van der Waals surface area contributed by atoms with E-state index < -0.39 is 0 Å². The number of thioether (sulfide) groups is 1. The van der Waals surface area contributed by atoms with Crippen molar-refractivity contribution < 1.29 is 4.79 Å². The van der Waals surface area contributed by atoms with Crippen molar-refractivity contribution in [1.82, 2.24) is 5.32 Å². The molecule has 0 aromatic heterocycles. The van der Waals surface area contributed by atoms with E-state index >= 15 is 0 Å². The van der Waals surface area contributed by atoms with Crippen molar-refractivity contribution in [2.45, 2.75) is 46.8 Å². The average Bonchev–Trinajstić information content (AvgIpc) is 2.08. The molecule has 1 atom stereocenters. The Morgan fingerprint density at radius 2 is 1.80 bits per heavy atom. The molecule has 0 bridgehead atoms. The fourth-order valence-electron chi connectivity index (χ4n) is 0.899. The fourth-order valence-corrected chi connectivity index (χ4v) is 1.88. The molecule has 0 rings (SSSR count). The molecule has 3 heteroatoms. The number of nitrogens with one attached hydrogen (secondary N) is 1. The third-order valence-electron chi connectivity index (χ3n) is 1.82. The third kappa shape index (κ3) is 8.79. The van der Waals surface area contributed by atoms with E-state index in [0.717, 1.165) is 12.3 Å². The number of hydrogen-bond donors (Lipinski definition) is 1. The van der Waals surface area contributed by atoms with Gasteiger partial charge in [0.1, 0.15) is 0 Å². The van der Waals surface area contributed by atoms with Gasteiger partial charge in [-0.3, -0.25) is 4.79 Å². The van der Waals surface area contributed by atoms with E-state index in [2.05, 4.69) is 39.9 Å². The van der Waals surface area contributed by atoms with Gasteiger partial charge in [-0.15, -0.1) is 11.8 Å². The molecule has 0 aliphatic carbocycles. The zero-order valence-corrected chi connectivity index (χ0v) is 11.7. The normalized spacial score (nSPS) is 14.1. The molecule has 0 spiro atoms. The summed E-state index contributed by atoms with van der Waals surface area (Å²) in [5.41, 5.74) is 0.289. The minimum absolute atomic E-state index is 0.0583. The highest BCUT2D eigenvalue weighted by atomic mass is 32.2. The van der Waals surface area contributed by atoms with Gasteiger partial charge < -0.3 is 5.32 Å². The van der Waals surface area contributed by atoms with Crippen molar-refractivity contribution in [2.75, 3.05) is 12.3 Å². The Bertz CT molecular complexity index is 196. The molecule has 0 aliphatic rings. The first kappa shape index (κ1) is 14.8. The van der Waals surface area contributed by atoms with Gasteiger partial charge in [-0.05, 0) is 24.0 Å². The van der Waals surface area contributed by atoms with E-state index in [4.69, 9.17) is 0 Å². The standard InChI is InChI=1S/C12H25NOS/c1-9(2)7-13-11(14)10(3)15-8-12(4,5)6/h9-10H,7-8H2,1-6H3,(H,13,14)/t10-/m0/s1. The van der Waals surface area contributed by atoms with Gasteiger partial charge in [0.05, 0.1) is 5.25 Å². The summed E-state index contributed by atoms with van der Waals surface area (Å²) in [6.07, 6.45) is 0. The van der Waals surface area contributed by atoms with Crippen LogP contribution in [0, 0.1) is 11.3 Å². The van der Waals surface area contributed by atoms with Crippen LogP contribution >= 0.6 is 11.8 Å². The van der Waals surface area contributed by atoms with Gasteiger partial charge in [0.15, 0.2) is 0 Å². The second kappa shape index (κ2) is 6.41. The predicted octanol–water partition coefficient (Wildman–Crippen LogP) is 2.93. The van der Waals surface area contributed by atoms with E-state index in [1.54, 1.807) is 11.8 Å². The summed E-state index contributed by atoms with van der Waals surface area (Å²) in [4.78, 5) is 11.6. The average molecular weight is 231 g/mol. The number of hydrogen-bond acceptors (Lipinski definition) is 2. The Hall–Kier alpha value is -0.180. The number of amides is 1. The Balaban J connectivity index is 3.79. The minimum atomic E-state index is 0.0583. The van der Waals surface area contributed by atoms with Crippen LogP contribution in [0.25, 0.3) is 0 Å². The molecule has 1 amide bonds. The molecule has 1 N–H and O–H groups in total. The monoisotopic (exact) mass is 231 g/mol. The molecule has 0 radical (unpaired) electrons. The van der Waals surface area contributed by atoms with Crippen molar-refractivity contribution in [1.29, 1.82) is 0 Å². The summed E-state index contributed by atoms with van der Waals surface area (Å²) in [6, 6.07) is 0. The molecule has 0 heterocycles.